The van der Waals surface area contributed by atoms with Crippen LogP contribution in [0.5, 0.6) is 0 Å². The molecular formula is C23H39NO. The van der Waals surface area contributed by atoms with E-state index in [-0.39, 0.29) is 5.41 Å². The van der Waals surface area contributed by atoms with Crippen LogP contribution in [0.25, 0.3) is 0 Å². The second-order valence-corrected chi connectivity index (χ2v) is 9.22. The van der Waals surface area contributed by atoms with Crippen molar-refractivity contribution in [2.45, 2.75) is 103 Å². The molecule has 3 aliphatic rings. The first-order valence-electron chi connectivity index (χ1n) is 11.2. The highest BCUT2D eigenvalue weighted by molar-refractivity contribution is 5.06. The molecule has 142 valence electrons. The number of ether oxygens (including phenoxy) is 1. The summed E-state index contributed by atoms with van der Waals surface area (Å²) in [7, 11) is 0. The molecule has 25 heavy (non-hydrogen) atoms. The van der Waals surface area contributed by atoms with Crippen LogP contribution in [-0.4, -0.2) is 12.7 Å². The summed E-state index contributed by atoms with van der Waals surface area (Å²) in [6, 6.07) is 2.83. The van der Waals surface area contributed by atoms with Gasteiger partial charge in [0.15, 0.2) is 0 Å². The van der Waals surface area contributed by atoms with Crippen molar-refractivity contribution in [3.05, 3.63) is 0 Å². The first-order chi connectivity index (χ1) is 12.2. The highest BCUT2D eigenvalue weighted by Crippen LogP contribution is 2.52. The quantitative estimate of drug-likeness (QED) is 0.570. The van der Waals surface area contributed by atoms with Crippen LogP contribution in [0.1, 0.15) is 97.3 Å². The van der Waals surface area contributed by atoms with Crippen LogP contribution in [0.4, 0.5) is 0 Å². The molecule has 3 aliphatic carbocycles. The Kier molecular flexibility index (Phi) is 6.84. The molecule has 2 heteroatoms. The van der Waals surface area contributed by atoms with E-state index in [0.717, 1.165) is 24.4 Å². The van der Waals surface area contributed by atoms with E-state index in [1.165, 1.54) is 83.5 Å². The van der Waals surface area contributed by atoms with Gasteiger partial charge in [0.05, 0.1) is 17.6 Å². The maximum Gasteiger partial charge on any atom is 0.0692 e. The molecule has 0 atom stereocenters. The minimum Gasteiger partial charge on any atom is -0.379 e. The van der Waals surface area contributed by atoms with Crippen molar-refractivity contribution in [3.8, 4) is 6.07 Å². The van der Waals surface area contributed by atoms with Gasteiger partial charge in [0, 0.05) is 6.61 Å². The summed E-state index contributed by atoms with van der Waals surface area (Å²) in [6.45, 7) is 5.28. The molecule has 2 nitrogen and oxygen atoms in total. The third-order valence-corrected chi connectivity index (χ3v) is 8.14. The lowest BCUT2D eigenvalue weighted by atomic mass is 9.58. The third-order valence-electron chi connectivity index (χ3n) is 8.14. The standard InChI is InChI=1S/C23H39NO/c1-3-18-5-7-19(8-6-18)20-13-15-23(17-24,16-14-20)21-9-11-22(12-10-21)25-4-2/h18-22H,3-16H2,1-2H3/t18?,19?,20-,21?,22?,23-. The first kappa shape index (κ1) is 19.2. The van der Waals surface area contributed by atoms with Crippen LogP contribution in [0.3, 0.4) is 0 Å². The normalized spacial score (nSPS) is 42.7. The fraction of sp³-hybridized carbons (Fsp3) is 0.957. The Balaban J connectivity index is 1.50. The Bertz CT molecular complexity index is 429. The van der Waals surface area contributed by atoms with E-state index in [1.54, 1.807) is 0 Å². The van der Waals surface area contributed by atoms with E-state index in [0.29, 0.717) is 12.0 Å². The van der Waals surface area contributed by atoms with Gasteiger partial charge >= 0.3 is 0 Å². The molecule has 0 unspecified atom stereocenters. The second kappa shape index (κ2) is 8.90. The number of nitriles is 1. The number of nitrogens with zero attached hydrogens (tertiary/aromatic N) is 1. The second-order valence-electron chi connectivity index (χ2n) is 9.22. The molecule has 0 aromatic carbocycles. The van der Waals surface area contributed by atoms with E-state index in [2.05, 4.69) is 19.9 Å². The fourth-order valence-corrected chi connectivity index (χ4v) is 6.32. The number of hydrogen-bond donors (Lipinski definition) is 0. The van der Waals surface area contributed by atoms with Gasteiger partial charge in [0.1, 0.15) is 0 Å². The molecule has 0 amide bonds. The molecule has 0 saturated heterocycles. The Morgan fingerprint density at radius 2 is 1.44 bits per heavy atom. The minimum absolute atomic E-state index is 0.00565. The molecule has 0 spiro atoms. The smallest absolute Gasteiger partial charge is 0.0692 e. The van der Waals surface area contributed by atoms with E-state index in [9.17, 15) is 5.26 Å². The Labute approximate surface area is 155 Å². The molecule has 0 aliphatic heterocycles. The molecule has 0 heterocycles. The van der Waals surface area contributed by atoms with Gasteiger partial charge in [-0.1, -0.05) is 26.2 Å². The predicted molar refractivity (Wildman–Crippen MR) is 103 cm³/mol. The average Bonchev–Trinajstić information content (AvgIpc) is 2.69. The molecular weight excluding hydrogens is 306 g/mol. The number of rotatable bonds is 5. The van der Waals surface area contributed by atoms with Gasteiger partial charge in [0.25, 0.3) is 0 Å². The van der Waals surface area contributed by atoms with Crippen molar-refractivity contribution >= 4 is 0 Å². The fourth-order valence-electron chi connectivity index (χ4n) is 6.32. The Morgan fingerprint density at radius 3 is 1.96 bits per heavy atom. The van der Waals surface area contributed by atoms with Crippen LogP contribution in [0.15, 0.2) is 0 Å². The van der Waals surface area contributed by atoms with Gasteiger partial charge in [-0.2, -0.15) is 5.26 Å². The van der Waals surface area contributed by atoms with Gasteiger partial charge < -0.3 is 4.74 Å². The van der Waals surface area contributed by atoms with E-state index >= 15 is 0 Å². The van der Waals surface area contributed by atoms with Crippen LogP contribution in [-0.2, 0) is 4.74 Å². The van der Waals surface area contributed by atoms with Gasteiger partial charge in [0.2, 0.25) is 0 Å². The molecule has 3 fully saturated rings. The molecule has 0 N–H and O–H groups in total. The van der Waals surface area contributed by atoms with Crippen LogP contribution in [0, 0.1) is 40.4 Å². The van der Waals surface area contributed by atoms with Gasteiger partial charge in [-0.15, -0.1) is 0 Å². The summed E-state index contributed by atoms with van der Waals surface area (Å²) >= 11 is 0. The van der Waals surface area contributed by atoms with Crippen molar-refractivity contribution in [1.29, 1.82) is 5.26 Å². The molecule has 3 rings (SSSR count). The summed E-state index contributed by atoms with van der Waals surface area (Å²) < 4.78 is 5.82. The minimum atomic E-state index is -0.00565. The van der Waals surface area contributed by atoms with Crippen LogP contribution < -0.4 is 0 Å². The molecule has 3 saturated carbocycles. The van der Waals surface area contributed by atoms with Crippen molar-refractivity contribution in [2.75, 3.05) is 6.61 Å². The summed E-state index contributed by atoms with van der Waals surface area (Å²) in [6.07, 6.45) is 17.4. The lowest BCUT2D eigenvalue weighted by Crippen LogP contribution is -2.38. The van der Waals surface area contributed by atoms with Crippen molar-refractivity contribution in [3.63, 3.8) is 0 Å². The highest BCUT2D eigenvalue weighted by atomic mass is 16.5. The van der Waals surface area contributed by atoms with Gasteiger partial charge in [-0.3, -0.25) is 0 Å². The zero-order chi connectivity index (χ0) is 17.7. The lowest BCUT2D eigenvalue weighted by molar-refractivity contribution is -0.00229. The lowest BCUT2D eigenvalue weighted by Gasteiger charge is -2.45. The molecule has 0 aromatic heterocycles. The maximum absolute atomic E-state index is 10.0. The molecule has 0 aromatic rings. The summed E-state index contributed by atoms with van der Waals surface area (Å²) in [5.41, 5.74) is -0.00565. The van der Waals surface area contributed by atoms with E-state index in [4.69, 9.17) is 4.74 Å². The van der Waals surface area contributed by atoms with Crippen LogP contribution in [0.2, 0.25) is 0 Å². The predicted octanol–water partition coefficient (Wildman–Crippen LogP) is 6.50. The van der Waals surface area contributed by atoms with E-state index < -0.39 is 0 Å². The maximum atomic E-state index is 10.0. The average molecular weight is 346 g/mol. The summed E-state index contributed by atoms with van der Waals surface area (Å²) in [4.78, 5) is 0. The number of hydrogen-bond acceptors (Lipinski definition) is 2. The Morgan fingerprint density at radius 1 is 0.840 bits per heavy atom. The molecule has 0 radical (unpaired) electrons. The topological polar surface area (TPSA) is 33.0 Å². The van der Waals surface area contributed by atoms with Crippen molar-refractivity contribution in [2.24, 2.45) is 29.1 Å². The summed E-state index contributed by atoms with van der Waals surface area (Å²) in [5.74, 6) is 3.51. The highest BCUT2D eigenvalue weighted by Gasteiger charge is 2.44. The van der Waals surface area contributed by atoms with Crippen LogP contribution >= 0.6 is 0 Å². The largest absolute Gasteiger partial charge is 0.379 e. The first-order valence-corrected chi connectivity index (χ1v) is 11.2. The summed E-state index contributed by atoms with van der Waals surface area (Å²) in [5, 5.41) is 10.0. The van der Waals surface area contributed by atoms with Gasteiger partial charge in [-0.05, 0) is 94.8 Å². The Hall–Kier alpha value is -0.550. The zero-order valence-corrected chi connectivity index (χ0v) is 16.6. The zero-order valence-electron chi connectivity index (χ0n) is 16.6. The molecule has 0 bridgehead atoms. The third kappa shape index (κ3) is 4.41. The van der Waals surface area contributed by atoms with Gasteiger partial charge in [-0.25, -0.2) is 0 Å². The van der Waals surface area contributed by atoms with E-state index in [1.807, 2.05) is 0 Å². The van der Waals surface area contributed by atoms with Crippen molar-refractivity contribution in [1.82, 2.24) is 0 Å². The van der Waals surface area contributed by atoms with Crippen molar-refractivity contribution < 1.29 is 4.74 Å². The monoisotopic (exact) mass is 345 g/mol. The SMILES string of the molecule is CCOC1CCC([C@]2(C#N)CC[C@@H](C3CCC(CC)CC3)CC2)CC1.